The van der Waals surface area contributed by atoms with E-state index in [1.807, 2.05) is 13.0 Å². The average Bonchev–Trinajstić information content (AvgIpc) is 2.48. The van der Waals surface area contributed by atoms with E-state index in [1.165, 1.54) is 6.42 Å². The highest BCUT2D eigenvalue weighted by Gasteiger charge is 2.33. The van der Waals surface area contributed by atoms with Crippen LogP contribution in [0.15, 0.2) is 24.3 Å². The van der Waals surface area contributed by atoms with Crippen molar-refractivity contribution in [3.8, 4) is 0 Å². The predicted octanol–water partition coefficient (Wildman–Crippen LogP) is 3.01. The molecule has 0 unspecified atom stereocenters. The molecule has 1 fully saturated rings. The molecule has 1 aromatic rings. The molecule has 1 amide bonds. The Balaban J connectivity index is 1.85. The third-order valence-corrected chi connectivity index (χ3v) is 4.38. The lowest BCUT2D eigenvalue weighted by molar-refractivity contribution is -0.131. The second kappa shape index (κ2) is 6.74. The first-order valence-electron chi connectivity index (χ1n) is 7.62. The standard InChI is InChI=1S/C17H23NO3/c1-17(9-3-2-4-10-17)16(21)18-11-8-13-6-5-7-14(12-13)15(19)20/h5-7,12H,2-4,8-11H2,1H3,(H,18,21)(H,19,20). The number of carboxylic acids is 1. The van der Waals surface area contributed by atoms with Gasteiger partial charge in [0.2, 0.25) is 5.91 Å². The molecule has 1 saturated carbocycles. The molecule has 0 radical (unpaired) electrons. The van der Waals surface area contributed by atoms with Crippen molar-refractivity contribution in [2.24, 2.45) is 5.41 Å². The van der Waals surface area contributed by atoms with Crippen LogP contribution < -0.4 is 5.32 Å². The second-order valence-corrected chi connectivity index (χ2v) is 6.13. The fourth-order valence-corrected chi connectivity index (χ4v) is 2.95. The lowest BCUT2D eigenvalue weighted by Gasteiger charge is -2.32. The van der Waals surface area contributed by atoms with Gasteiger partial charge in [-0.2, -0.15) is 0 Å². The van der Waals surface area contributed by atoms with Crippen LogP contribution >= 0.6 is 0 Å². The van der Waals surface area contributed by atoms with Gasteiger partial charge >= 0.3 is 5.97 Å². The van der Waals surface area contributed by atoms with E-state index in [0.29, 0.717) is 13.0 Å². The van der Waals surface area contributed by atoms with Gasteiger partial charge in [0, 0.05) is 12.0 Å². The molecule has 4 heteroatoms. The number of carboxylic acid groups (broad SMARTS) is 1. The van der Waals surface area contributed by atoms with Gasteiger partial charge in [0.15, 0.2) is 0 Å². The smallest absolute Gasteiger partial charge is 0.335 e. The fraction of sp³-hybridized carbons (Fsp3) is 0.529. The molecular formula is C17H23NO3. The van der Waals surface area contributed by atoms with Crippen molar-refractivity contribution >= 4 is 11.9 Å². The highest BCUT2D eigenvalue weighted by atomic mass is 16.4. The van der Waals surface area contributed by atoms with E-state index in [-0.39, 0.29) is 16.9 Å². The number of carbonyl (C=O) groups excluding carboxylic acids is 1. The summed E-state index contributed by atoms with van der Waals surface area (Å²) in [5, 5.41) is 12.0. The summed E-state index contributed by atoms with van der Waals surface area (Å²) < 4.78 is 0. The number of aromatic carboxylic acids is 1. The van der Waals surface area contributed by atoms with Gasteiger partial charge in [-0.1, -0.05) is 38.3 Å². The van der Waals surface area contributed by atoms with E-state index in [2.05, 4.69) is 5.32 Å². The minimum atomic E-state index is -0.921. The minimum absolute atomic E-state index is 0.136. The van der Waals surface area contributed by atoms with Crippen LogP contribution in [0, 0.1) is 5.41 Å². The summed E-state index contributed by atoms with van der Waals surface area (Å²) in [6, 6.07) is 6.87. The molecule has 0 saturated heterocycles. The van der Waals surface area contributed by atoms with Crippen molar-refractivity contribution in [2.75, 3.05) is 6.54 Å². The summed E-state index contributed by atoms with van der Waals surface area (Å²) in [4.78, 5) is 23.2. The van der Waals surface area contributed by atoms with Crippen LogP contribution in [0.5, 0.6) is 0 Å². The Bertz CT molecular complexity index is 519. The molecule has 2 rings (SSSR count). The maximum absolute atomic E-state index is 12.3. The van der Waals surface area contributed by atoms with Gasteiger partial charge in [-0.3, -0.25) is 4.79 Å². The third-order valence-electron chi connectivity index (χ3n) is 4.38. The van der Waals surface area contributed by atoms with Crippen LogP contribution in [0.1, 0.15) is 54.9 Å². The highest BCUT2D eigenvalue weighted by Crippen LogP contribution is 2.35. The number of hydrogen-bond donors (Lipinski definition) is 2. The Morgan fingerprint density at radius 3 is 2.62 bits per heavy atom. The Morgan fingerprint density at radius 1 is 1.24 bits per heavy atom. The first-order valence-corrected chi connectivity index (χ1v) is 7.62. The third kappa shape index (κ3) is 4.06. The van der Waals surface area contributed by atoms with Crippen molar-refractivity contribution in [1.82, 2.24) is 5.32 Å². The van der Waals surface area contributed by atoms with Crippen LogP contribution in [0.25, 0.3) is 0 Å². The van der Waals surface area contributed by atoms with Gasteiger partial charge in [-0.05, 0) is 37.0 Å². The van der Waals surface area contributed by atoms with Crippen molar-refractivity contribution in [1.29, 1.82) is 0 Å². The van der Waals surface area contributed by atoms with Crippen LogP contribution in [-0.4, -0.2) is 23.5 Å². The van der Waals surface area contributed by atoms with E-state index in [4.69, 9.17) is 5.11 Å². The molecule has 1 aromatic carbocycles. The molecule has 2 N–H and O–H groups in total. The van der Waals surface area contributed by atoms with E-state index < -0.39 is 5.97 Å². The molecule has 0 heterocycles. The van der Waals surface area contributed by atoms with Crippen molar-refractivity contribution < 1.29 is 14.7 Å². The zero-order chi connectivity index (χ0) is 15.3. The molecule has 114 valence electrons. The SMILES string of the molecule is CC1(C(=O)NCCc2cccc(C(=O)O)c2)CCCCC1. The number of nitrogens with one attached hydrogen (secondary N) is 1. The summed E-state index contributed by atoms with van der Waals surface area (Å²) in [5.74, 6) is -0.785. The zero-order valence-corrected chi connectivity index (χ0v) is 12.5. The van der Waals surface area contributed by atoms with E-state index in [1.54, 1.807) is 18.2 Å². The van der Waals surface area contributed by atoms with Crippen LogP contribution in [0.3, 0.4) is 0 Å². The molecule has 0 atom stereocenters. The lowest BCUT2D eigenvalue weighted by atomic mass is 9.75. The zero-order valence-electron chi connectivity index (χ0n) is 12.5. The fourth-order valence-electron chi connectivity index (χ4n) is 2.95. The first kappa shape index (κ1) is 15.5. The first-order chi connectivity index (χ1) is 10.0. The Kier molecular flexibility index (Phi) is 4.99. The Hall–Kier alpha value is -1.84. The monoisotopic (exact) mass is 289 g/mol. The molecule has 0 aromatic heterocycles. The van der Waals surface area contributed by atoms with Gasteiger partial charge in [-0.15, -0.1) is 0 Å². The Morgan fingerprint density at radius 2 is 1.95 bits per heavy atom. The molecule has 4 nitrogen and oxygen atoms in total. The summed E-state index contributed by atoms with van der Waals surface area (Å²) in [7, 11) is 0. The lowest BCUT2D eigenvalue weighted by Crippen LogP contribution is -2.41. The molecule has 0 bridgehead atoms. The molecule has 21 heavy (non-hydrogen) atoms. The number of carbonyl (C=O) groups is 2. The van der Waals surface area contributed by atoms with Gasteiger partial charge in [-0.25, -0.2) is 4.79 Å². The highest BCUT2D eigenvalue weighted by molar-refractivity contribution is 5.87. The van der Waals surface area contributed by atoms with Crippen LogP contribution in [0.4, 0.5) is 0 Å². The van der Waals surface area contributed by atoms with E-state index >= 15 is 0 Å². The number of rotatable bonds is 5. The van der Waals surface area contributed by atoms with Crippen LogP contribution in [0.2, 0.25) is 0 Å². The number of benzene rings is 1. The van der Waals surface area contributed by atoms with Gasteiger partial charge < -0.3 is 10.4 Å². The van der Waals surface area contributed by atoms with Crippen molar-refractivity contribution in [3.63, 3.8) is 0 Å². The largest absolute Gasteiger partial charge is 0.478 e. The van der Waals surface area contributed by atoms with Crippen molar-refractivity contribution in [2.45, 2.75) is 45.4 Å². The van der Waals surface area contributed by atoms with E-state index in [0.717, 1.165) is 31.2 Å². The van der Waals surface area contributed by atoms with Crippen LogP contribution in [-0.2, 0) is 11.2 Å². The molecule has 0 aliphatic heterocycles. The van der Waals surface area contributed by atoms with Gasteiger partial charge in [0.1, 0.15) is 0 Å². The van der Waals surface area contributed by atoms with Gasteiger partial charge in [0.25, 0.3) is 0 Å². The summed E-state index contributed by atoms with van der Waals surface area (Å²) >= 11 is 0. The second-order valence-electron chi connectivity index (χ2n) is 6.13. The quantitative estimate of drug-likeness (QED) is 0.875. The average molecular weight is 289 g/mol. The maximum atomic E-state index is 12.3. The summed E-state index contributed by atoms with van der Waals surface area (Å²) in [6.07, 6.45) is 6.07. The molecular weight excluding hydrogens is 266 g/mol. The predicted molar refractivity (Wildman–Crippen MR) is 81.3 cm³/mol. The number of hydrogen-bond acceptors (Lipinski definition) is 2. The summed E-state index contributed by atoms with van der Waals surface area (Å²) in [6.45, 7) is 2.60. The molecule has 1 aliphatic rings. The molecule has 1 aliphatic carbocycles. The Labute approximate surface area is 125 Å². The topological polar surface area (TPSA) is 66.4 Å². The normalized spacial score (nSPS) is 17.2. The van der Waals surface area contributed by atoms with Gasteiger partial charge in [0.05, 0.1) is 5.56 Å². The summed E-state index contributed by atoms with van der Waals surface area (Å²) in [5.41, 5.74) is 1.00. The minimum Gasteiger partial charge on any atom is -0.478 e. The maximum Gasteiger partial charge on any atom is 0.335 e. The molecule has 0 spiro atoms. The number of amides is 1. The van der Waals surface area contributed by atoms with E-state index in [9.17, 15) is 9.59 Å². The van der Waals surface area contributed by atoms with Crippen molar-refractivity contribution in [3.05, 3.63) is 35.4 Å².